The predicted molar refractivity (Wildman–Crippen MR) is 190 cm³/mol. The van der Waals surface area contributed by atoms with Crippen LogP contribution in [0, 0.1) is 0 Å². The first-order valence-corrected chi connectivity index (χ1v) is 17.2. The van der Waals surface area contributed by atoms with Crippen molar-refractivity contribution in [3.05, 3.63) is 35.9 Å². The van der Waals surface area contributed by atoms with E-state index in [1.165, 1.54) is 0 Å². The first-order valence-electron chi connectivity index (χ1n) is 17.2. The molecule has 0 radical (unpaired) electrons. The smallest absolute Gasteiger partial charge is 0.323 e. The maximum absolute atomic E-state index is 13.1. The number of carbonyl (C=O) groups excluding carboxylic acids is 4. The SMILES string of the molecule is CC(C)(C)OC(=O)CNCCN(CCN)CCN(CCNC(CCC(=O)OCc1ccccc1)C(=O)OC(C)(C)C)CC(=O)OC(C)(C)C. The number of hydrogen-bond donors (Lipinski definition) is 3. The quantitative estimate of drug-likeness (QED) is 0.0925. The van der Waals surface area contributed by atoms with Gasteiger partial charge in [0.25, 0.3) is 0 Å². The van der Waals surface area contributed by atoms with E-state index in [1.807, 2.05) is 76.8 Å². The molecule has 1 aromatic carbocycles. The molecule has 0 aromatic heterocycles. The van der Waals surface area contributed by atoms with Crippen LogP contribution in [0.25, 0.3) is 0 Å². The molecule has 0 amide bonds. The minimum absolute atomic E-state index is 0.0291. The van der Waals surface area contributed by atoms with Crippen molar-refractivity contribution in [2.24, 2.45) is 5.73 Å². The van der Waals surface area contributed by atoms with Crippen molar-refractivity contribution in [2.75, 3.05) is 65.4 Å². The molecule has 280 valence electrons. The standard InChI is InChI=1S/C36H63N5O8/c1-34(2,3)47-31(43)25-38-18-21-40(20-17-37)23-24-41(26-32(44)48-35(4,5)6)22-19-39-29(33(45)49-36(7,8)9)15-16-30(42)46-27-28-13-11-10-12-14-28/h10-14,29,38-39H,15-27,37H2,1-9H3. The number of nitrogens with zero attached hydrogens (tertiary/aromatic N) is 2. The Bertz CT molecular complexity index is 1130. The summed E-state index contributed by atoms with van der Waals surface area (Å²) in [7, 11) is 0. The molecule has 0 bridgehead atoms. The summed E-state index contributed by atoms with van der Waals surface area (Å²) in [5, 5.41) is 6.36. The maximum Gasteiger partial charge on any atom is 0.323 e. The van der Waals surface area contributed by atoms with Crippen LogP contribution in [0.2, 0.25) is 0 Å². The fourth-order valence-electron chi connectivity index (χ4n) is 4.58. The molecule has 0 fully saturated rings. The summed E-state index contributed by atoms with van der Waals surface area (Å²) in [4.78, 5) is 54.6. The highest BCUT2D eigenvalue weighted by atomic mass is 16.6. The predicted octanol–water partition coefficient (Wildman–Crippen LogP) is 2.65. The van der Waals surface area contributed by atoms with Gasteiger partial charge in [-0.1, -0.05) is 30.3 Å². The van der Waals surface area contributed by atoms with Crippen LogP contribution in [0.3, 0.4) is 0 Å². The fraction of sp³-hybridized carbons (Fsp3) is 0.722. The Labute approximate surface area is 293 Å². The molecule has 0 heterocycles. The van der Waals surface area contributed by atoms with Crippen molar-refractivity contribution >= 4 is 23.9 Å². The topological polar surface area (TPSA) is 162 Å². The Hall–Kier alpha value is -3.10. The molecule has 0 saturated heterocycles. The van der Waals surface area contributed by atoms with Crippen LogP contribution in [0.4, 0.5) is 0 Å². The summed E-state index contributed by atoms with van der Waals surface area (Å²) in [5.41, 5.74) is 4.87. The zero-order valence-electron chi connectivity index (χ0n) is 31.4. The van der Waals surface area contributed by atoms with E-state index in [0.717, 1.165) is 5.56 Å². The van der Waals surface area contributed by atoms with E-state index < -0.39 is 34.8 Å². The number of nitrogens with one attached hydrogen (secondary N) is 2. The second-order valence-electron chi connectivity index (χ2n) is 15.0. The third kappa shape index (κ3) is 23.8. The first kappa shape index (κ1) is 43.9. The highest BCUT2D eigenvalue weighted by Crippen LogP contribution is 2.12. The summed E-state index contributed by atoms with van der Waals surface area (Å²) in [6.07, 6.45) is 0.219. The molecule has 1 unspecified atom stereocenters. The Morgan fingerprint density at radius 2 is 1.29 bits per heavy atom. The van der Waals surface area contributed by atoms with Gasteiger partial charge in [-0.3, -0.25) is 29.0 Å². The molecule has 1 atom stereocenters. The van der Waals surface area contributed by atoms with Gasteiger partial charge in [-0.2, -0.15) is 0 Å². The average Bonchev–Trinajstić information content (AvgIpc) is 2.96. The lowest BCUT2D eigenvalue weighted by atomic mass is 10.1. The van der Waals surface area contributed by atoms with E-state index >= 15 is 0 Å². The van der Waals surface area contributed by atoms with Crippen LogP contribution in [-0.4, -0.2) is 122 Å². The molecule has 0 spiro atoms. The van der Waals surface area contributed by atoms with Gasteiger partial charge >= 0.3 is 23.9 Å². The van der Waals surface area contributed by atoms with Gasteiger partial charge in [0.1, 0.15) is 29.5 Å². The Kier molecular flexibility index (Phi) is 19.6. The third-order valence-corrected chi connectivity index (χ3v) is 6.63. The highest BCUT2D eigenvalue weighted by molar-refractivity contribution is 5.77. The van der Waals surface area contributed by atoms with Crippen LogP contribution in [-0.2, 0) is 44.7 Å². The molecule has 49 heavy (non-hydrogen) atoms. The van der Waals surface area contributed by atoms with Gasteiger partial charge < -0.3 is 35.3 Å². The van der Waals surface area contributed by atoms with Crippen molar-refractivity contribution in [1.82, 2.24) is 20.4 Å². The Balaban J connectivity index is 2.84. The van der Waals surface area contributed by atoms with Gasteiger partial charge in [0.2, 0.25) is 0 Å². The number of carbonyl (C=O) groups is 4. The second-order valence-corrected chi connectivity index (χ2v) is 15.0. The van der Waals surface area contributed by atoms with Gasteiger partial charge in [-0.15, -0.1) is 0 Å². The van der Waals surface area contributed by atoms with E-state index in [2.05, 4.69) is 15.5 Å². The highest BCUT2D eigenvalue weighted by Gasteiger charge is 2.27. The molecule has 0 saturated carbocycles. The van der Waals surface area contributed by atoms with Crippen LogP contribution < -0.4 is 16.4 Å². The van der Waals surface area contributed by atoms with Crippen LogP contribution >= 0.6 is 0 Å². The first-order chi connectivity index (χ1) is 22.8. The lowest BCUT2D eigenvalue weighted by molar-refractivity contribution is -0.159. The average molecular weight is 694 g/mol. The lowest BCUT2D eigenvalue weighted by Crippen LogP contribution is -2.47. The summed E-state index contributed by atoms with van der Waals surface area (Å²) in [6, 6.07) is 8.64. The van der Waals surface area contributed by atoms with E-state index in [1.54, 1.807) is 20.8 Å². The number of benzene rings is 1. The molecule has 0 aliphatic carbocycles. The van der Waals surface area contributed by atoms with Gasteiger partial charge in [0.15, 0.2) is 0 Å². The second kappa shape index (κ2) is 21.9. The Morgan fingerprint density at radius 1 is 0.714 bits per heavy atom. The van der Waals surface area contributed by atoms with Crippen molar-refractivity contribution in [1.29, 1.82) is 0 Å². The molecular formula is C36H63N5O8. The molecular weight excluding hydrogens is 630 g/mol. The van der Waals surface area contributed by atoms with Gasteiger partial charge in [-0.25, -0.2) is 0 Å². The largest absolute Gasteiger partial charge is 0.461 e. The molecule has 1 rings (SSSR count). The van der Waals surface area contributed by atoms with Crippen LogP contribution in [0.5, 0.6) is 0 Å². The summed E-state index contributed by atoms with van der Waals surface area (Å²) >= 11 is 0. The van der Waals surface area contributed by atoms with Crippen LogP contribution in [0.1, 0.15) is 80.7 Å². The van der Waals surface area contributed by atoms with Crippen molar-refractivity contribution in [3.8, 4) is 0 Å². The zero-order chi connectivity index (χ0) is 37.1. The molecule has 0 aliphatic heterocycles. The minimum Gasteiger partial charge on any atom is -0.461 e. The lowest BCUT2D eigenvalue weighted by Gasteiger charge is -2.29. The number of ether oxygens (including phenoxy) is 4. The van der Waals surface area contributed by atoms with Crippen molar-refractivity contribution in [2.45, 2.75) is 105 Å². The van der Waals surface area contributed by atoms with Gasteiger partial charge in [0.05, 0.1) is 13.1 Å². The monoisotopic (exact) mass is 693 g/mol. The van der Waals surface area contributed by atoms with Crippen molar-refractivity contribution in [3.63, 3.8) is 0 Å². The summed E-state index contributed by atoms with van der Waals surface area (Å²) in [5.74, 6) is -1.55. The number of nitrogens with two attached hydrogens (primary N) is 1. The molecule has 0 aliphatic rings. The number of rotatable bonds is 22. The maximum atomic E-state index is 13.1. The zero-order valence-corrected chi connectivity index (χ0v) is 31.4. The van der Waals surface area contributed by atoms with Crippen molar-refractivity contribution < 1.29 is 38.1 Å². The van der Waals surface area contributed by atoms with Crippen LogP contribution in [0.15, 0.2) is 30.3 Å². The number of hydrogen-bond acceptors (Lipinski definition) is 13. The van der Waals surface area contributed by atoms with E-state index in [0.29, 0.717) is 52.4 Å². The minimum atomic E-state index is -0.753. The normalized spacial score (nSPS) is 12.9. The number of esters is 4. The molecule has 4 N–H and O–H groups in total. The van der Waals surface area contributed by atoms with Gasteiger partial charge in [0, 0.05) is 58.8 Å². The molecule has 13 nitrogen and oxygen atoms in total. The van der Waals surface area contributed by atoms with E-state index in [-0.39, 0.29) is 44.5 Å². The molecule has 1 aromatic rings. The molecule has 13 heteroatoms. The Morgan fingerprint density at radius 3 is 1.88 bits per heavy atom. The van der Waals surface area contributed by atoms with Gasteiger partial charge in [-0.05, 0) is 74.3 Å². The summed E-state index contributed by atoms with van der Waals surface area (Å²) in [6.45, 7) is 20.8. The third-order valence-electron chi connectivity index (χ3n) is 6.63. The van der Waals surface area contributed by atoms with E-state index in [4.69, 9.17) is 24.7 Å². The fourth-order valence-corrected chi connectivity index (χ4v) is 4.58. The van der Waals surface area contributed by atoms with E-state index in [9.17, 15) is 19.2 Å². The summed E-state index contributed by atoms with van der Waals surface area (Å²) < 4.78 is 22.0.